The molecule has 2 atom stereocenters. The van der Waals surface area contributed by atoms with Crippen LogP contribution in [0.3, 0.4) is 0 Å². The van der Waals surface area contributed by atoms with E-state index in [1.807, 2.05) is 30.9 Å². The number of likely N-dealkylation sites (tertiary alicyclic amines) is 1. The predicted molar refractivity (Wildman–Crippen MR) is 121 cm³/mol. The minimum Gasteiger partial charge on any atom is -0.372 e. The molecule has 3 heterocycles. The third-order valence-electron chi connectivity index (χ3n) is 6.19. The standard InChI is InChI=1S/C23H31N3O5S/c1-17-12-26(13-18(2)31-17)23(28)16-32(29,30)21-14-25(20-9-5-4-8-19(20)21)15-22(27)24-10-6-3-7-11-24/h4-5,8-9,14,17-18H,3,6-7,10-13,15-16H2,1-2H3/t17-,18+. The zero-order chi connectivity index (χ0) is 22.9. The third-order valence-corrected chi connectivity index (χ3v) is 7.81. The number of benzene rings is 1. The molecule has 2 aromatic rings. The van der Waals surface area contributed by atoms with Crippen LogP contribution in [0.15, 0.2) is 35.4 Å². The van der Waals surface area contributed by atoms with Crippen LogP contribution in [0.2, 0.25) is 0 Å². The summed E-state index contributed by atoms with van der Waals surface area (Å²) in [6.07, 6.45) is 4.38. The molecule has 8 nitrogen and oxygen atoms in total. The lowest BCUT2D eigenvalue weighted by Gasteiger charge is -2.35. The topological polar surface area (TPSA) is 88.9 Å². The van der Waals surface area contributed by atoms with Crippen molar-refractivity contribution in [2.75, 3.05) is 31.9 Å². The minimum atomic E-state index is -3.89. The average molecular weight is 462 g/mol. The highest BCUT2D eigenvalue weighted by molar-refractivity contribution is 7.92. The zero-order valence-electron chi connectivity index (χ0n) is 18.7. The first-order chi connectivity index (χ1) is 15.2. The number of sulfone groups is 1. The highest BCUT2D eigenvalue weighted by atomic mass is 32.2. The molecule has 0 spiro atoms. The van der Waals surface area contributed by atoms with Crippen molar-refractivity contribution in [1.29, 1.82) is 0 Å². The summed E-state index contributed by atoms with van der Waals surface area (Å²) in [6.45, 7) is 6.08. The van der Waals surface area contributed by atoms with Crippen molar-refractivity contribution >= 4 is 32.6 Å². The van der Waals surface area contributed by atoms with Crippen LogP contribution in [0.4, 0.5) is 0 Å². The normalized spacial score (nSPS) is 22.3. The lowest BCUT2D eigenvalue weighted by atomic mass is 10.1. The molecule has 9 heteroatoms. The van der Waals surface area contributed by atoms with Crippen molar-refractivity contribution in [3.63, 3.8) is 0 Å². The molecular formula is C23H31N3O5S. The van der Waals surface area contributed by atoms with E-state index >= 15 is 0 Å². The Morgan fingerprint density at radius 2 is 1.62 bits per heavy atom. The van der Waals surface area contributed by atoms with Crippen LogP contribution in [-0.2, 0) is 30.7 Å². The van der Waals surface area contributed by atoms with Gasteiger partial charge in [-0.3, -0.25) is 9.59 Å². The van der Waals surface area contributed by atoms with Gasteiger partial charge in [-0.2, -0.15) is 0 Å². The van der Waals surface area contributed by atoms with Crippen molar-refractivity contribution in [2.45, 2.75) is 56.8 Å². The highest BCUT2D eigenvalue weighted by Crippen LogP contribution is 2.27. The lowest BCUT2D eigenvalue weighted by Crippen LogP contribution is -2.49. The Morgan fingerprint density at radius 3 is 2.31 bits per heavy atom. The monoisotopic (exact) mass is 461 g/mol. The van der Waals surface area contributed by atoms with E-state index in [9.17, 15) is 18.0 Å². The molecule has 0 bridgehead atoms. The van der Waals surface area contributed by atoms with E-state index in [1.54, 1.807) is 21.6 Å². The second kappa shape index (κ2) is 9.23. The third kappa shape index (κ3) is 4.83. The Bertz CT molecular complexity index is 1090. The summed E-state index contributed by atoms with van der Waals surface area (Å²) in [5.74, 6) is -1.03. The molecule has 0 radical (unpaired) electrons. The number of fused-ring (bicyclic) bond motifs is 1. The van der Waals surface area contributed by atoms with Gasteiger partial charge in [0.05, 0.1) is 17.1 Å². The summed E-state index contributed by atoms with van der Waals surface area (Å²) >= 11 is 0. The lowest BCUT2D eigenvalue weighted by molar-refractivity contribution is -0.140. The number of ether oxygens (including phenoxy) is 1. The first kappa shape index (κ1) is 22.8. The number of carbonyl (C=O) groups excluding carboxylic acids is 2. The largest absolute Gasteiger partial charge is 0.372 e. The SMILES string of the molecule is C[C@@H]1CN(C(=O)CS(=O)(=O)c2cn(CC(=O)N3CCCCC3)c3ccccc23)C[C@H](C)O1. The Morgan fingerprint density at radius 1 is 0.969 bits per heavy atom. The smallest absolute Gasteiger partial charge is 0.242 e. The predicted octanol–water partition coefficient (Wildman–Crippen LogP) is 2.06. The van der Waals surface area contributed by atoms with Gasteiger partial charge in [0.2, 0.25) is 11.8 Å². The highest BCUT2D eigenvalue weighted by Gasteiger charge is 2.31. The Balaban J connectivity index is 1.58. The first-order valence-corrected chi connectivity index (χ1v) is 12.9. The number of nitrogens with zero attached hydrogens (tertiary/aromatic N) is 3. The maximum absolute atomic E-state index is 13.3. The first-order valence-electron chi connectivity index (χ1n) is 11.3. The van der Waals surface area contributed by atoms with E-state index in [-0.39, 0.29) is 29.6 Å². The van der Waals surface area contributed by atoms with Crippen LogP contribution in [-0.4, -0.2) is 78.7 Å². The summed E-state index contributed by atoms with van der Waals surface area (Å²) < 4.78 is 33.9. The molecule has 1 aromatic carbocycles. The molecule has 0 aliphatic carbocycles. The van der Waals surface area contributed by atoms with Crippen LogP contribution < -0.4 is 0 Å². The molecule has 2 aliphatic rings. The molecule has 0 unspecified atom stereocenters. The number of aromatic nitrogens is 1. The van der Waals surface area contributed by atoms with Crippen molar-refractivity contribution in [1.82, 2.24) is 14.4 Å². The second-order valence-corrected chi connectivity index (χ2v) is 10.9. The molecule has 2 fully saturated rings. The molecule has 32 heavy (non-hydrogen) atoms. The number of piperidine rings is 1. The molecule has 0 saturated carbocycles. The molecular weight excluding hydrogens is 430 g/mol. The quantitative estimate of drug-likeness (QED) is 0.680. The van der Waals surface area contributed by atoms with Crippen molar-refractivity contribution in [2.24, 2.45) is 0 Å². The number of hydrogen-bond acceptors (Lipinski definition) is 5. The summed E-state index contributed by atoms with van der Waals surface area (Å²) in [7, 11) is -3.89. The molecule has 4 rings (SSSR count). The fourth-order valence-electron chi connectivity index (χ4n) is 4.69. The van der Waals surface area contributed by atoms with Gasteiger partial charge >= 0.3 is 0 Å². The van der Waals surface area contributed by atoms with Crippen LogP contribution in [0.25, 0.3) is 10.9 Å². The van der Waals surface area contributed by atoms with Crippen molar-refractivity contribution in [3.8, 4) is 0 Å². The fraction of sp³-hybridized carbons (Fsp3) is 0.565. The summed E-state index contributed by atoms with van der Waals surface area (Å²) in [6, 6.07) is 7.13. The van der Waals surface area contributed by atoms with Gasteiger partial charge in [-0.05, 0) is 39.2 Å². The average Bonchev–Trinajstić information content (AvgIpc) is 3.13. The van der Waals surface area contributed by atoms with E-state index in [1.165, 1.54) is 6.20 Å². The van der Waals surface area contributed by atoms with Crippen molar-refractivity contribution < 1.29 is 22.7 Å². The Labute approximate surface area is 189 Å². The van der Waals surface area contributed by atoms with E-state index in [4.69, 9.17) is 4.74 Å². The molecule has 2 amide bonds. The number of para-hydroxylation sites is 1. The Hall–Kier alpha value is -2.39. The van der Waals surface area contributed by atoms with Gasteiger partial charge in [0.1, 0.15) is 12.3 Å². The number of carbonyl (C=O) groups is 2. The molecule has 2 saturated heterocycles. The van der Waals surface area contributed by atoms with Gasteiger partial charge in [-0.25, -0.2) is 8.42 Å². The molecule has 174 valence electrons. The van der Waals surface area contributed by atoms with E-state index in [2.05, 4.69) is 0 Å². The minimum absolute atomic E-state index is 0.0123. The Kier molecular flexibility index (Phi) is 6.57. The molecule has 2 aliphatic heterocycles. The van der Waals surface area contributed by atoms with E-state index in [0.29, 0.717) is 24.0 Å². The maximum Gasteiger partial charge on any atom is 0.242 e. The van der Waals surface area contributed by atoms with Gasteiger partial charge in [0, 0.05) is 43.3 Å². The summed E-state index contributed by atoms with van der Waals surface area (Å²) in [5.41, 5.74) is 0.678. The van der Waals surface area contributed by atoms with E-state index in [0.717, 1.165) is 32.4 Å². The fourth-order valence-corrected chi connectivity index (χ4v) is 6.15. The van der Waals surface area contributed by atoms with Gasteiger partial charge in [0.25, 0.3) is 0 Å². The summed E-state index contributed by atoms with van der Waals surface area (Å²) in [4.78, 5) is 29.1. The van der Waals surface area contributed by atoms with Crippen molar-refractivity contribution in [3.05, 3.63) is 30.5 Å². The van der Waals surface area contributed by atoms with Crippen LogP contribution in [0, 0.1) is 0 Å². The van der Waals surface area contributed by atoms with Crippen LogP contribution >= 0.6 is 0 Å². The van der Waals surface area contributed by atoms with Crippen LogP contribution in [0.5, 0.6) is 0 Å². The number of morpholine rings is 1. The van der Waals surface area contributed by atoms with Crippen LogP contribution in [0.1, 0.15) is 33.1 Å². The number of rotatable bonds is 5. The zero-order valence-corrected chi connectivity index (χ0v) is 19.5. The van der Waals surface area contributed by atoms with Gasteiger partial charge in [0.15, 0.2) is 9.84 Å². The molecule has 0 N–H and O–H groups in total. The van der Waals surface area contributed by atoms with E-state index < -0.39 is 21.5 Å². The molecule has 1 aromatic heterocycles. The summed E-state index contributed by atoms with van der Waals surface area (Å²) in [5, 5.41) is 0.537. The number of hydrogen-bond donors (Lipinski definition) is 0. The van der Waals surface area contributed by atoms with Gasteiger partial charge in [-0.1, -0.05) is 18.2 Å². The maximum atomic E-state index is 13.3. The number of amides is 2. The second-order valence-electron chi connectivity index (χ2n) is 8.89. The van der Waals surface area contributed by atoms with Gasteiger partial charge in [-0.15, -0.1) is 0 Å². The van der Waals surface area contributed by atoms with Gasteiger partial charge < -0.3 is 19.1 Å².